The number of nitrogens with zero attached hydrogens (tertiary/aromatic N) is 3. The number of rotatable bonds is 9. The summed E-state index contributed by atoms with van der Waals surface area (Å²) in [6, 6.07) is 8.31. The van der Waals surface area contributed by atoms with E-state index in [2.05, 4.69) is 66.0 Å². The third kappa shape index (κ3) is 6.42. The molecule has 1 saturated heterocycles. The molecule has 2 rings (SSSR count). The third-order valence-corrected chi connectivity index (χ3v) is 5.39. The quantitative estimate of drug-likeness (QED) is 0.408. The molecule has 27 heavy (non-hydrogen) atoms. The Morgan fingerprint density at radius 1 is 1.30 bits per heavy atom. The number of ether oxygens (including phenoxy) is 1. The van der Waals surface area contributed by atoms with Gasteiger partial charge in [-0.2, -0.15) is 0 Å². The fourth-order valence-electron chi connectivity index (χ4n) is 3.77. The van der Waals surface area contributed by atoms with Crippen LogP contribution < -0.4 is 10.1 Å². The molecule has 5 nitrogen and oxygen atoms in total. The minimum Gasteiger partial charge on any atom is -0.491 e. The number of guanidine groups is 1. The molecule has 0 aromatic heterocycles. The Bertz CT molecular complexity index is 583. The molecule has 5 heteroatoms. The number of hydrogen-bond acceptors (Lipinski definition) is 3. The van der Waals surface area contributed by atoms with Crippen LogP contribution in [-0.2, 0) is 0 Å². The monoisotopic (exact) mass is 374 g/mol. The van der Waals surface area contributed by atoms with Crippen molar-refractivity contribution in [2.75, 3.05) is 52.9 Å². The molecule has 0 aliphatic carbocycles. The van der Waals surface area contributed by atoms with Crippen molar-refractivity contribution in [3.8, 4) is 5.75 Å². The highest BCUT2D eigenvalue weighted by atomic mass is 16.5. The number of benzene rings is 1. The predicted octanol–water partition coefficient (Wildman–Crippen LogP) is 3.43. The number of nitrogens with one attached hydrogen (secondary N) is 1. The molecule has 1 atom stereocenters. The van der Waals surface area contributed by atoms with Crippen molar-refractivity contribution in [2.45, 2.75) is 40.0 Å². The van der Waals surface area contributed by atoms with Crippen molar-refractivity contribution in [1.29, 1.82) is 0 Å². The highest BCUT2D eigenvalue weighted by molar-refractivity contribution is 5.80. The van der Waals surface area contributed by atoms with Gasteiger partial charge in [-0.3, -0.25) is 4.99 Å². The van der Waals surface area contributed by atoms with Gasteiger partial charge in [-0.05, 0) is 43.0 Å². The minimum absolute atomic E-state index is 0.467. The molecule has 152 valence electrons. The lowest BCUT2D eigenvalue weighted by atomic mass is 10.0. The molecule has 0 amide bonds. The summed E-state index contributed by atoms with van der Waals surface area (Å²) in [5, 5.41) is 3.47. The van der Waals surface area contributed by atoms with Gasteiger partial charge in [-0.15, -0.1) is 0 Å². The number of para-hydroxylation sites is 1. The van der Waals surface area contributed by atoms with Gasteiger partial charge in [0.2, 0.25) is 0 Å². The summed E-state index contributed by atoms with van der Waals surface area (Å²) in [6.45, 7) is 15.9. The number of aliphatic imine (C=N–C) groups is 1. The van der Waals surface area contributed by atoms with Gasteiger partial charge in [-0.25, -0.2) is 0 Å². The summed E-state index contributed by atoms with van der Waals surface area (Å²) in [5.74, 6) is 3.19. The van der Waals surface area contributed by atoms with Gasteiger partial charge in [-0.1, -0.05) is 45.9 Å². The molecular formula is C22H38N4O. The van der Waals surface area contributed by atoms with Crippen LogP contribution in [0.25, 0.3) is 0 Å². The van der Waals surface area contributed by atoms with Gasteiger partial charge in [0.15, 0.2) is 5.96 Å². The first-order valence-electron chi connectivity index (χ1n) is 10.5. The van der Waals surface area contributed by atoms with Crippen LogP contribution in [0.5, 0.6) is 5.75 Å². The molecule has 1 heterocycles. The van der Waals surface area contributed by atoms with E-state index in [0.29, 0.717) is 12.5 Å². The highest BCUT2D eigenvalue weighted by Crippen LogP contribution is 2.25. The smallest absolute Gasteiger partial charge is 0.193 e. The van der Waals surface area contributed by atoms with E-state index < -0.39 is 0 Å². The van der Waals surface area contributed by atoms with E-state index in [1.54, 1.807) is 0 Å². The van der Waals surface area contributed by atoms with Gasteiger partial charge < -0.3 is 19.9 Å². The second-order valence-electron chi connectivity index (χ2n) is 7.60. The van der Waals surface area contributed by atoms with Crippen molar-refractivity contribution in [3.63, 3.8) is 0 Å². The Balaban J connectivity index is 1.77. The first-order chi connectivity index (χ1) is 13.1. The maximum Gasteiger partial charge on any atom is 0.193 e. The molecule has 1 unspecified atom stereocenters. The van der Waals surface area contributed by atoms with E-state index in [1.165, 1.54) is 18.5 Å². The largest absolute Gasteiger partial charge is 0.491 e. The summed E-state index contributed by atoms with van der Waals surface area (Å²) < 4.78 is 6.02. The SMILES string of the molecule is CCN(CC)CC1CCN(C(=NC)NCCOc2ccccc2C(C)C)C1. The van der Waals surface area contributed by atoms with E-state index in [9.17, 15) is 0 Å². The minimum atomic E-state index is 0.467. The standard InChI is InChI=1S/C22H38N4O/c1-6-25(7-2)16-19-12-14-26(17-19)22(23-5)24-13-15-27-21-11-9-8-10-20(21)18(3)4/h8-11,18-19H,6-7,12-17H2,1-5H3,(H,23,24). The van der Waals surface area contributed by atoms with Gasteiger partial charge in [0.1, 0.15) is 12.4 Å². The van der Waals surface area contributed by atoms with Crippen LogP contribution in [-0.4, -0.2) is 68.7 Å². The second-order valence-corrected chi connectivity index (χ2v) is 7.60. The lowest BCUT2D eigenvalue weighted by molar-refractivity contribution is 0.255. The highest BCUT2D eigenvalue weighted by Gasteiger charge is 2.25. The maximum atomic E-state index is 6.02. The molecule has 0 saturated carbocycles. The van der Waals surface area contributed by atoms with Crippen molar-refractivity contribution in [3.05, 3.63) is 29.8 Å². The Morgan fingerprint density at radius 3 is 2.70 bits per heavy atom. The summed E-state index contributed by atoms with van der Waals surface area (Å²) >= 11 is 0. The van der Waals surface area contributed by atoms with Crippen LogP contribution >= 0.6 is 0 Å². The van der Waals surface area contributed by atoms with E-state index in [4.69, 9.17) is 4.74 Å². The van der Waals surface area contributed by atoms with Gasteiger partial charge in [0, 0.05) is 26.7 Å². The summed E-state index contributed by atoms with van der Waals surface area (Å²) in [5.41, 5.74) is 1.26. The fraction of sp³-hybridized carbons (Fsp3) is 0.682. The van der Waals surface area contributed by atoms with Crippen molar-refractivity contribution >= 4 is 5.96 Å². The maximum absolute atomic E-state index is 6.02. The summed E-state index contributed by atoms with van der Waals surface area (Å²) in [4.78, 5) is 9.38. The molecule has 1 aliphatic rings. The van der Waals surface area contributed by atoms with Crippen LogP contribution in [0.1, 0.15) is 45.6 Å². The average molecular weight is 375 g/mol. The van der Waals surface area contributed by atoms with Crippen LogP contribution in [0.2, 0.25) is 0 Å². The predicted molar refractivity (Wildman–Crippen MR) is 115 cm³/mol. The van der Waals surface area contributed by atoms with E-state index in [1.807, 2.05) is 13.1 Å². The number of likely N-dealkylation sites (tertiary alicyclic amines) is 1. The average Bonchev–Trinajstić information content (AvgIpc) is 3.14. The zero-order valence-corrected chi connectivity index (χ0v) is 17.9. The van der Waals surface area contributed by atoms with Crippen LogP contribution in [0, 0.1) is 5.92 Å². The van der Waals surface area contributed by atoms with Crippen molar-refractivity contribution in [1.82, 2.24) is 15.1 Å². The third-order valence-electron chi connectivity index (χ3n) is 5.39. The molecule has 1 aliphatic heterocycles. The molecular weight excluding hydrogens is 336 g/mol. The van der Waals surface area contributed by atoms with Gasteiger partial charge >= 0.3 is 0 Å². The first-order valence-corrected chi connectivity index (χ1v) is 10.5. The van der Waals surface area contributed by atoms with Gasteiger partial charge in [0.05, 0.1) is 6.54 Å². The molecule has 1 aromatic rings. The zero-order valence-electron chi connectivity index (χ0n) is 17.9. The lowest BCUT2D eigenvalue weighted by Gasteiger charge is -2.24. The fourth-order valence-corrected chi connectivity index (χ4v) is 3.77. The topological polar surface area (TPSA) is 40.1 Å². The Labute approximate surface area is 165 Å². The van der Waals surface area contributed by atoms with E-state index >= 15 is 0 Å². The summed E-state index contributed by atoms with van der Waals surface area (Å²) in [7, 11) is 1.87. The second kappa shape index (κ2) is 11.2. The van der Waals surface area contributed by atoms with E-state index in [-0.39, 0.29) is 0 Å². The molecule has 0 radical (unpaired) electrons. The van der Waals surface area contributed by atoms with Crippen LogP contribution in [0.15, 0.2) is 29.3 Å². The van der Waals surface area contributed by atoms with Gasteiger partial charge in [0.25, 0.3) is 0 Å². The van der Waals surface area contributed by atoms with Crippen LogP contribution in [0.4, 0.5) is 0 Å². The Morgan fingerprint density at radius 2 is 2.04 bits per heavy atom. The molecule has 0 spiro atoms. The van der Waals surface area contributed by atoms with Crippen molar-refractivity contribution in [2.24, 2.45) is 10.9 Å². The van der Waals surface area contributed by atoms with E-state index in [0.717, 1.165) is 50.4 Å². The molecule has 1 fully saturated rings. The lowest BCUT2D eigenvalue weighted by Crippen LogP contribution is -2.42. The van der Waals surface area contributed by atoms with Crippen LogP contribution in [0.3, 0.4) is 0 Å². The van der Waals surface area contributed by atoms with Crippen molar-refractivity contribution < 1.29 is 4.74 Å². The molecule has 0 bridgehead atoms. The Hall–Kier alpha value is -1.75. The Kier molecular flexibility index (Phi) is 8.92. The molecule has 1 N–H and O–H groups in total. The summed E-state index contributed by atoms with van der Waals surface area (Å²) in [6.07, 6.45) is 1.25. The normalized spacial score (nSPS) is 17.8. The first kappa shape index (κ1) is 21.5. The number of hydrogen-bond donors (Lipinski definition) is 1. The zero-order chi connectivity index (χ0) is 19.6. The molecule has 1 aromatic carbocycles.